The van der Waals surface area contributed by atoms with Gasteiger partial charge >= 0.3 is 35.5 Å². The summed E-state index contributed by atoms with van der Waals surface area (Å²) in [5.74, 6) is 4.70. The molecule has 1 unspecified atom stereocenters. The van der Waals surface area contributed by atoms with Gasteiger partial charge in [0, 0.05) is 6.42 Å². The first kappa shape index (κ1) is 43.6. The second-order valence-corrected chi connectivity index (χ2v) is 18.5. The molecule has 0 bridgehead atoms. The number of allylic oxidation sites excluding steroid dienone is 1. The van der Waals surface area contributed by atoms with Crippen LogP contribution in [0, 0.1) is 46.3 Å². The third kappa shape index (κ3) is 12.1. The molecule has 3 saturated carbocycles. The molecule has 280 valence electrons. The molecule has 4 aliphatic rings. The molecule has 0 saturated heterocycles. The van der Waals surface area contributed by atoms with Crippen molar-refractivity contribution in [1.82, 2.24) is 0 Å². The van der Waals surface area contributed by atoms with Gasteiger partial charge in [-0.3, -0.25) is 0 Å². The zero-order valence-corrected chi connectivity index (χ0v) is 35.8. The summed E-state index contributed by atoms with van der Waals surface area (Å²) in [5.41, 5.74) is 2.35. The van der Waals surface area contributed by atoms with E-state index in [9.17, 15) is 9.90 Å². The van der Waals surface area contributed by atoms with Crippen LogP contribution in [0.25, 0.3) is 0 Å². The van der Waals surface area contributed by atoms with Crippen LogP contribution in [0.5, 0.6) is 0 Å². The van der Waals surface area contributed by atoms with Crippen LogP contribution in [-0.2, 0) is 9.53 Å². The number of unbranched alkanes of at least 4 members (excludes halogenated alkanes) is 13. The van der Waals surface area contributed by atoms with Crippen LogP contribution >= 0.6 is 0 Å². The minimum atomic E-state index is -0.959. The summed E-state index contributed by atoms with van der Waals surface area (Å²) in [6.45, 7) is 14.8. The van der Waals surface area contributed by atoms with Crippen molar-refractivity contribution in [2.75, 3.05) is 0 Å². The molecule has 0 amide bonds. The number of carbonyl (C=O) groups excluding carboxylic acids is 1. The van der Waals surface area contributed by atoms with Gasteiger partial charge < -0.3 is 11.3 Å². The van der Waals surface area contributed by atoms with Gasteiger partial charge in [0.05, 0.1) is 0 Å². The predicted octanol–water partition coefficient (Wildman–Crippen LogP) is 10.3. The zero-order valence-electron chi connectivity index (χ0n) is 34.8. The van der Waals surface area contributed by atoms with Gasteiger partial charge in [-0.2, -0.15) is 0 Å². The fourth-order valence-corrected chi connectivity index (χ4v) is 11.6. The molecule has 49 heavy (non-hydrogen) atoms. The third-order valence-corrected chi connectivity index (χ3v) is 14.6. The fourth-order valence-electron chi connectivity index (χ4n) is 11.6. The number of aliphatic hydroxyl groups is 1. The summed E-state index contributed by atoms with van der Waals surface area (Å²) < 4.78 is 6.00. The number of hydrogen-bond acceptors (Lipinski definition) is 3. The van der Waals surface area contributed by atoms with Crippen LogP contribution < -0.4 is 29.6 Å². The normalized spacial score (nSPS) is 32.0. The van der Waals surface area contributed by atoms with Crippen molar-refractivity contribution in [1.29, 1.82) is 0 Å². The van der Waals surface area contributed by atoms with E-state index >= 15 is 0 Å². The first-order chi connectivity index (χ1) is 23.1. The minimum Gasteiger partial charge on any atom is -1.00 e. The zero-order chi connectivity index (χ0) is 34.6. The maximum absolute atomic E-state index is 12.9. The van der Waals surface area contributed by atoms with Gasteiger partial charge in [0.2, 0.25) is 0 Å². The van der Waals surface area contributed by atoms with Gasteiger partial charge in [-0.15, -0.1) is 0 Å². The van der Waals surface area contributed by atoms with E-state index in [1.807, 2.05) is 0 Å². The summed E-state index contributed by atoms with van der Waals surface area (Å²) in [5, 5.41) is 10.6. The van der Waals surface area contributed by atoms with Gasteiger partial charge in [-0.05, 0) is 97.7 Å². The van der Waals surface area contributed by atoms with E-state index in [0.29, 0.717) is 11.8 Å². The minimum absolute atomic E-state index is 0. The first-order valence-corrected chi connectivity index (χ1v) is 21.7. The fraction of sp³-hybridized carbons (Fsp3) is 0.933. The maximum Gasteiger partial charge on any atom is 1.00 e. The Bertz CT molecular complexity index is 983. The van der Waals surface area contributed by atoms with Gasteiger partial charge in [0.1, 0.15) is 6.10 Å². The molecule has 0 aliphatic heterocycles. The number of hydrogen-bond donors (Lipinski definition) is 1. The molecule has 4 rings (SSSR count). The van der Waals surface area contributed by atoms with Gasteiger partial charge in [-0.1, -0.05) is 162 Å². The molecular weight excluding hydrogens is 611 g/mol. The van der Waals surface area contributed by atoms with Crippen LogP contribution in [0.3, 0.4) is 0 Å². The summed E-state index contributed by atoms with van der Waals surface area (Å²) in [4.78, 5) is 12.9. The Morgan fingerprint density at radius 3 is 2.02 bits per heavy atom. The number of rotatable bonds is 22. The third-order valence-electron chi connectivity index (χ3n) is 14.6. The van der Waals surface area contributed by atoms with E-state index in [4.69, 9.17) is 4.74 Å². The van der Waals surface area contributed by atoms with Crippen LogP contribution in [-0.4, -0.2) is 23.3 Å². The first-order valence-electron chi connectivity index (χ1n) is 21.7. The Morgan fingerprint density at radius 1 is 0.796 bits per heavy atom. The number of esters is 1. The molecule has 0 aromatic rings. The Kier molecular flexibility index (Phi) is 19.4. The molecule has 0 radical (unpaired) electrons. The smallest absolute Gasteiger partial charge is 1.00 e. The average Bonchev–Trinajstić information content (AvgIpc) is 3.42. The molecule has 4 aliphatic carbocycles. The van der Waals surface area contributed by atoms with E-state index < -0.39 is 6.10 Å². The van der Waals surface area contributed by atoms with Crippen molar-refractivity contribution >= 4 is 5.97 Å². The summed E-state index contributed by atoms with van der Waals surface area (Å²) in [6.07, 6.45) is 34.6. The molecule has 3 nitrogen and oxygen atoms in total. The van der Waals surface area contributed by atoms with Crippen LogP contribution in [0.4, 0.5) is 0 Å². The van der Waals surface area contributed by atoms with Crippen molar-refractivity contribution in [2.45, 2.75) is 221 Å². The number of carbonyl (C=O) groups is 1. The molecule has 0 spiro atoms. The van der Waals surface area contributed by atoms with Crippen molar-refractivity contribution in [3.63, 3.8) is 0 Å². The van der Waals surface area contributed by atoms with Gasteiger partial charge in [0.25, 0.3) is 0 Å². The maximum atomic E-state index is 12.9. The number of aliphatic hydroxyl groups excluding tert-OH is 1. The SMILES string of the molecule is CCCCCCCCCCCCCCCCC(O)C(=O)O[C@H]1CC[C@@]2(C)C(=CC[C@H]3[C@@H]4CC[C@H]([C@H](C)CCCC(C)C)[C@@]4(C)CC[C@@H]32)C1.[H-].[Na+]. The topological polar surface area (TPSA) is 46.5 Å². The van der Waals surface area contributed by atoms with Crippen molar-refractivity contribution in [2.24, 2.45) is 46.3 Å². The average molecular weight is 693 g/mol. The number of ether oxygens (including phenoxy) is 1. The Labute approximate surface area is 328 Å². The Balaban J connectivity index is 0.00000433. The summed E-state index contributed by atoms with van der Waals surface area (Å²) in [7, 11) is 0. The van der Waals surface area contributed by atoms with E-state index in [2.05, 4.69) is 47.6 Å². The second kappa shape index (κ2) is 21.8. The van der Waals surface area contributed by atoms with Gasteiger partial charge in [-0.25, -0.2) is 4.79 Å². The standard InChI is InChI=1S/C45H80O3.Na.H/c1-7-8-9-10-11-12-13-14-15-16-17-18-19-20-24-42(46)43(47)48-37-29-31-44(5)36(33-37)25-26-38-40-28-27-39(35(4)23-21-22-34(2)3)45(40,6)32-30-41(38)44;;/h25,34-35,37-42,46H,7-24,26-33H2,1-6H3;;/q;+1;-1/t35-,37+,38+,39-,40+,41+,42?,44+,45-;;/m1../s1. The largest absolute Gasteiger partial charge is 1.00 e. The van der Waals surface area contributed by atoms with E-state index in [1.165, 1.54) is 128 Å². The van der Waals surface area contributed by atoms with E-state index in [0.717, 1.165) is 67.6 Å². The molecular formula is C45H81NaO3. The van der Waals surface area contributed by atoms with Crippen LogP contribution in [0.15, 0.2) is 11.6 Å². The van der Waals surface area contributed by atoms with Crippen LogP contribution in [0.1, 0.15) is 210 Å². The van der Waals surface area contributed by atoms with Crippen LogP contribution in [0.2, 0.25) is 0 Å². The Morgan fingerprint density at radius 2 is 1.41 bits per heavy atom. The molecule has 4 heteroatoms. The monoisotopic (exact) mass is 693 g/mol. The quantitative estimate of drug-likeness (QED) is 0.0532. The molecule has 0 aromatic heterocycles. The summed E-state index contributed by atoms with van der Waals surface area (Å²) in [6, 6.07) is 0. The molecule has 0 aromatic carbocycles. The molecule has 9 atom stereocenters. The van der Waals surface area contributed by atoms with Crippen molar-refractivity contribution in [3.05, 3.63) is 11.6 Å². The second-order valence-electron chi connectivity index (χ2n) is 18.5. The molecule has 0 heterocycles. The van der Waals surface area contributed by atoms with E-state index in [-0.39, 0.29) is 48.5 Å². The predicted molar refractivity (Wildman–Crippen MR) is 205 cm³/mol. The van der Waals surface area contributed by atoms with E-state index in [1.54, 1.807) is 5.57 Å². The Hall–Kier alpha value is 0.170. The van der Waals surface area contributed by atoms with Gasteiger partial charge in [0.15, 0.2) is 6.10 Å². The van der Waals surface area contributed by atoms with Crippen molar-refractivity contribution < 1.29 is 45.6 Å². The molecule has 3 fully saturated rings. The molecule has 1 N–H and O–H groups in total. The van der Waals surface area contributed by atoms with Crippen molar-refractivity contribution in [3.8, 4) is 0 Å². The summed E-state index contributed by atoms with van der Waals surface area (Å²) >= 11 is 0. The number of fused-ring (bicyclic) bond motifs is 5.